The SMILES string of the molecule is CN(CCc1ccco1)c1nnc(N)n1C. The standard InChI is InChI=1S/C10H15N5O/c1-14(6-5-8-4-3-7-16-8)10-13-12-9(11)15(10)2/h3-4,7H,5-6H2,1-2H3,(H2,11,12). The zero-order chi connectivity index (χ0) is 11.5. The molecule has 0 bridgehead atoms. The van der Waals surface area contributed by atoms with Crippen molar-refractivity contribution in [3.05, 3.63) is 24.2 Å². The first-order valence-corrected chi connectivity index (χ1v) is 5.07. The summed E-state index contributed by atoms with van der Waals surface area (Å²) in [4.78, 5) is 1.99. The highest BCUT2D eigenvalue weighted by atomic mass is 16.3. The Balaban J connectivity index is 1.98. The van der Waals surface area contributed by atoms with E-state index in [0.717, 1.165) is 24.7 Å². The van der Waals surface area contributed by atoms with Gasteiger partial charge in [0.15, 0.2) is 0 Å². The minimum absolute atomic E-state index is 0.417. The van der Waals surface area contributed by atoms with E-state index in [-0.39, 0.29) is 0 Å². The second-order valence-corrected chi connectivity index (χ2v) is 3.67. The van der Waals surface area contributed by atoms with Crippen molar-refractivity contribution in [2.75, 3.05) is 24.2 Å². The quantitative estimate of drug-likeness (QED) is 0.821. The number of rotatable bonds is 4. The fourth-order valence-corrected chi connectivity index (χ4v) is 1.50. The summed E-state index contributed by atoms with van der Waals surface area (Å²) in [7, 11) is 3.79. The van der Waals surface area contributed by atoms with Crippen molar-refractivity contribution in [1.82, 2.24) is 14.8 Å². The molecule has 0 aliphatic carbocycles. The van der Waals surface area contributed by atoms with E-state index in [4.69, 9.17) is 10.2 Å². The van der Waals surface area contributed by atoms with E-state index in [9.17, 15) is 0 Å². The summed E-state index contributed by atoms with van der Waals surface area (Å²) >= 11 is 0. The molecule has 2 rings (SSSR count). The van der Waals surface area contributed by atoms with Crippen LogP contribution >= 0.6 is 0 Å². The van der Waals surface area contributed by atoms with Gasteiger partial charge < -0.3 is 15.1 Å². The molecule has 0 atom stereocenters. The van der Waals surface area contributed by atoms with Gasteiger partial charge in [0.2, 0.25) is 11.9 Å². The van der Waals surface area contributed by atoms with Gasteiger partial charge in [-0.15, -0.1) is 10.2 Å². The Labute approximate surface area is 93.7 Å². The summed E-state index contributed by atoms with van der Waals surface area (Å²) in [5, 5.41) is 7.81. The van der Waals surface area contributed by atoms with Gasteiger partial charge in [0.1, 0.15) is 5.76 Å². The van der Waals surface area contributed by atoms with E-state index in [1.165, 1.54) is 0 Å². The molecular weight excluding hydrogens is 206 g/mol. The number of likely N-dealkylation sites (N-methyl/N-ethyl adjacent to an activating group) is 1. The second-order valence-electron chi connectivity index (χ2n) is 3.67. The van der Waals surface area contributed by atoms with E-state index < -0.39 is 0 Å². The largest absolute Gasteiger partial charge is 0.469 e. The van der Waals surface area contributed by atoms with Crippen molar-refractivity contribution >= 4 is 11.9 Å². The molecular formula is C10H15N5O. The van der Waals surface area contributed by atoms with Gasteiger partial charge >= 0.3 is 0 Å². The Morgan fingerprint density at radius 2 is 2.31 bits per heavy atom. The topological polar surface area (TPSA) is 73.1 Å². The molecule has 0 unspecified atom stereocenters. The summed E-state index contributed by atoms with van der Waals surface area (Å²) in [6, 6.07) is 3.84. The first-order chi connectivity index (χ1) is 7.68. The maximum Gasteiger partial charge on any atom is 0.228 e. The average molecular weight is 221 g/mol. The van der Waals surface area contributed by atoms with Crippen molar-refractivity contribution in [2.45, 2.75) is 6.42 Å². The molecule has 0 fully saturated rings. The zero-order valence-electron chi connectivity index (χ0n) is 9.42. The highest BCUT2D eigenvalue weighted by Gasteiger charge is 2.10. The lowest BCUT2D eigenvalue weighted by atomic mass is 10.3. The van der Waals surface area contributed by atoms with Gasteiger partial charge in [0.05, 0.1) is 6.26 Å². The fraction of sp³-hybridized carbons (Fsp3) is 0.400. The first kappa shape index (κ1) is 10.5. The number of furan rings is 1. The molecule has 0 aromatic carbocycles. The van der Waals surface area contributed by atoms with Crippen LogP contribution in [0.15, 0.2) is 22.8 Å². The molecule has 2 N–H and O–H groups in total. The molecule has 0 radical (unpaired) electrons. The highest BCUT2D eigenvalue weighted by Crippen LogP contribution is 2.11. The Hall–Kier alpha value is -1.98. The third-order valence-corrected chi connectivity index (χ3v) is 2.50. The predicted molar refractivity (Wildman–Crippen MR) is 61.1 cm³/mol. The summed E-state index contributed by atoms with van der Waals surface area (Å²) in [6.07, 6.45) is 2.51. The lowest BCUT2D eigenvalue weighted by Gasteiger charge is -2.16. The van der Waals surface area contributed by atoms with Gasteiger partial charge in [-0.1, -0.05) is 0 Å². The van der Waals surface area contributed by atoms with Crippen LogP contribution in [0.4, 0.5) is 11.9 Å². The molecule has 2 aromatic rings. The Morgan fingerprint density at radius 3 is 2.88 bits per heavy atom. The number of hydrogen-bond donors (Lipinski definition) is 1. The smallest absolute Gasteiger partial charge is 0.228 e. The van der Waals surface area contributed by atoms with E-state index in [0.29, 0.717) is 5.95 Å². The summed E-state index contributed by atoms with van der Waals surface area (Å²) in [6.45, 7) is 0.805. The molecule has 6 heteroatoms. The monoisotopic (exact) mass is 221 g/mol. The number of nitrogens with zero attached hydrogens (tertiary/aromatic N) is 4. The van der Waals surface area contributed by atoms with Gasteiger partial charge in [0.25, 0.3) is 0 Å². The van der Waals surface area contributed by atoms with Crippen molar-refractivity contribution < 1.29 is 4.42 Å². The van der Waals surface area contributed by atoms with Crippen LogP contribution < -0.4 is 10.6 Å². The lowest BCUT2D eigenvalue weighted by Crippen LogP contribution is -2.23. The summed E-state index contributed by atoms with van der Waals surface area (Å²) < 4.78 is 7.01. The zero-order valence-corrected chi connectivity index (χ0v) is 9.42. The molecule has 2 aromatic heterocycles. The average Bonchev–Trinajstić information content (AvgIpc) is 2.88. The van der Waals surface area contributed by atoms with E-state index >= 15 is 0 Å². The van der Waals surface area contributed by atoms with Crippen LogP contribution in [0.3, 0.4) is 0 Å². The van der Waals surface area contributed by atoms with Crippen LogP contribution in [0.1, 0.15) is 5.76 Å². The lowest BCUT2D eigenvalue weighted by molar-refractivity contribution is 0.508. The molecule has 86 valence electrons. The van der Waals surface area contributed by atoms with Crippen LogP contribution in [-0.2, 0) is 13.5 Å². The second kappa shape index (κ2) is 4.26. The molecule has 2 heterocycles. The fourth-order valence-electron chi connectivity index (χ4n) is 1.50. The van der Waals surface area contributed by atoms with Crippen molar-refractivity contribution in [2.24, 2.45) is 7.05 Å². The van der Waals surface area contributed by atoms with Crippen LogP contribution in [0.2, 0.25) is 0 Å². The normalized spacial score (nSPS) is 10.6. The molecule has 0 amide bonds. The van der Waals surface area contributed by atoms with E-state index in [2.05, 4.69) is 10.2 Å². The van der Waals surface area contributed by atoms with Crippen LogP contribution in [0.5, 0.6) is 0 Å². The van der Waals surface area contributed by atoms with Gasteiger partial charge in [-0.25, -0.2) is 0 Å². The van der Waals surface area contributed by atoms with Crippen LogP contribution in [0.25, 0.3) is 0 Å². The molecule has 16 heavy (non-hydrogen) atoms. The first-order valence-electron chi connectivity index (χ1n) is 5.07. The molecule has 0 saturated carbocycles. The Bertz CT molecular complexity index is 448. The Kier molecular flexibility index (Phi) is 2.80. The third-order valence-electron chi connectivity index (χ3n) is 2.50. The minimum Gasteiger partial charge on any atom is -0.469 e. The Morgan fingerprint density at radius 1 is 1.50 bits per heavy atom. The van der Waals surface area contributed by atoms with Gasteiger partial charge in [0, 0.05) is 27.1 Å². The summed E-state index contributed by atoms with van der Waals surface area (Å²) in [5.74, 6) is 2.13. The third kappa shape index (κ3) is 2.00. The van der Waals surface area contributed by atoms with Crippen molar-refractivity contribution in [3.63, 3.8) is 0 Å². The van der Waals surface area contributed by atoms with Crippen LogP contribution in [-0.4, -0.2) is 28.4 Å². The number of aromatic nitrogens is 3. The van der Waals surface area contributed by atoms with Crippen molar-refractivity contribution in [3.8, 4) is 0 Å². The van der Waals surface area contributed by atoms with Crippen molar-refractivity contribution in [1.29, 1.82) is 0 Å². The van der Waals surface area contributed by atoms with Gasteiger partial charge in [-0.3, -0.25) is 4.57 Å². The van der Waals surface area contributed by atoms with Crippen LogP contribution in [0, 0.1) is 0 Å². The van der Waals surface area contributed by atoms with E-state index in [1.54, 1.807) is 10.8 Å². The maximum atomic E-state index is 5.61. The number of hydrogen-bond acceptors (Lipinski definition) is 5. The number of nitrogens with two attached hydrogens (primary N) is 1. The van der Waals surface area contributed by atoms with E-state index in [1.807, 2.05) is 31.1 Å². The number of anilines is 2. The maximum absolute atomic E-state index is 5.61. The molecule has 0 aliphatic heterocycles. The molecule has 6 nitrogen and oxygen atoms in total. The molecule has 0 aliphatic rings. The highest BCUT2D eigenvalue weighted by molar-refractivity contribution is 5.35. The molecule has 0 saturated heterocycles. The number of nitrogen functional groups attached to an aromatic ring is 1. The minimum atomic E-state index is 0.417. The predicted octanol–water partition coefficient (Wildman–Crippen LogP) is 0.669. The molecule has 0 spiro atoms. The summed E-state index contributed by atoms with van der Waals surface area (Å²) in [5.41, 5.74) is 5.61. The van der Waals surface area contributed by atoms with Gasteiger partial charge in [-0.05, 0) is 12.1 Å². The van der Waals surface area contributed by atoms with Gasteiger partial charge in [-0.2, -0.15) is 0 Å².